The van der Waals surface area contributed by atoms with Crippen LogP contribution in [0.1, 0.15) is 19.3 Å². The summed E-state index contributed by atoms with van der Waals surface area (Å²) < 4.78 is 11.3. The third-order valence-corrected chi connectivity index (χ3v) is 5.04. The summed E-state index contributed by atoms with van der Waals surface area (Å²) in [6.45, 7) is 3.25. The van der Waals surface area contributed by atoms with Crippen LogP contribution in [-0.4, -0.2) is 36.3 Å². The zero-order valence-corrected chi connectivity index (χ0v) is 15.1. The smallest absolute Gasteiger partial charge is 0.229 e. The van der Waals surface area contributed by atoms with E-state index in [0.717, 1.165) is 47.0 Å². The van der Waals surface area contributed by atoms with Crippen molar-refractivity contribution in [2.45, 2.75) is 19.3 Å². The second-order valence-electron chi connectivity index (χ2n) is 6.92. The van der Waals surface area contributed by atoms with Crippen molar-refractivity contribution in [1.29, 1.82) is 0 Å². The first-order valence-corrected chi connectivity index (χ1v) is 9.55. The number of nitrogens with zero attached hydrogens (tertiary/aromatic N) is 3. The molecule has 5 rings (SSSR count). The standard InChI is InChI=1S/C21H22N4O2/c1-4-10-25(11-5-1)20-16-6-2-3-7-17(16)23-21(24-20)22-15-8-9-18-19(14-15)27-13-12-26-18/h2-3,6-9,14H,1,4-5,10-13H2,(H,22,23,24). The number of ether oxygens (including phenoxy) is 2. The van der Waals surface area contributed by atoms with E-state index in [1.54, 1.807) is 0 Å². The van der Waals surface area contributed by atoms with Crippen molar-refractivity contribution >= 4 is 28.4 Å². The van der Waals surface area contributed by atoms with Crippen molar-refractivity contribution in [2.24, 2.45) is 0 Å². The van der Waals surface area contributed by atoms with E-state index in [1.165, 1.54) is 19.3 Å². The van der Waals surface area contributed by atoms with E-state index >= 15 is 0 Å². The lowest BCUT2D eigenvalue weighted by Gasteiger charge is -2.29. The van der Waals surface area contributed by atoms with Crippen LogP contribution in [0.2, 0.25) is 0 Å². The minimum absolute atomic E-state index is 0.571. The lowest BCUT2D eigenvalue weighted by atomic mass is 10.1. The Hall–Kier alpha value is -3.02. The molecular weight excluding hydrogens is 340 g/mol. The SMILES string of the molecule is c1ccc2c(N3CCCCC3)nc(Nc3ccc4c(c3)OCCO4)nc2c1. The molecule has 0 spiro atoms. The Kier molecular flexibility index (Phi) is 4.16. The third kappa shape index (κ3) is 3.23. The van der Waals surface area contributed by atoms with Crippen LogP contribution in [0.25, 0.3) is 10.9 Å². The molecule has 2 aliphatic heterocycles. The number of hydrogen-bond donors (Lipinski definition) is 1. The zero-order valence-electron chi connectivity index (χ0n) is 15.1. The van der Waals surface area contributed by atoms with Gasteiger partial charge in [-0.05, 0) is 43.5 Å². The topological polar surface area (TPSA) is 59.5 Å². The molecule has 0 aliphatic carbocycles. The number of piperidine rings is 1. The summed E-state index contributed by atoms with van der Waals surface area (Å²) in [7, 11) is 0. The van der Waals surface area contributed by atoms with Crippen LogP contribution in [0.15, 0.2) is 42.5 Å². The highest BCUT2D eigenvalue weighted by molar-refractivity contribution is 5.90. The molecule has 1 saturated heterocycles. The molecule has 3 aromatic rings. The molecule has 0 unspecified atom stereocenters. The fourth-order valence-electron chi connectivity index (χ4n) is 3.71. The van der Waals surface area contributed by atoms with E-state index in [1.807, 2.05) is 36.4 Å². The Morgan fingerprint density at radius 3 is 2.56 bits per heavy atom. The van der Waals surface area contributed by atoms with Gasteiger partial charge in [0, 0.05) is 30.2 Å². The van der Waals surface area contributed by atoms with E-state index < -0.39 is 0 Å². The van der Waals surface area contributed by atoms with Gasteiger partial charge in [0.1, 0.15) is 19.0 Å². The molecule has 1 fully saturated rings. The maximum Gasteiger partial charge on any atom is 0.229 e. The molecule has 0 saturated carbocycles. The normalized spacial score (nSPS) is 16.4. The van der Waals surface area contributed by atoms with E-state index in [0.29, 0.717) is 19.2 Å². The quantitative estimate of drug-likeness (QED) is 0.756. The fourth-order valence-corrected chi connectivity index (χ4v) is 3.71. The maximum absolute atomic E-state index is 5.68. The Morgan fingerprint density at radius 2 is 1.67 bits per heavy atom. The fraction of sp³-hybridized carbons (Fsp3) is 0.333. The predicted molar refractivity (Wildman–Crippen MR) is 106 cm³/mol. The minimum atomic E-state index is 0.571. The highest BCUT2D eigenvalue weighted by atomic mass is 16.6. The van der Waals surface area contributed by atoms with Gasteiger partial charge in [0.05, 0.1) is 5.52 Å². The molecule has 0 amide bonds. The van der Waals surface area contributed by atoms with Gasteiger partial charge in [-0.3, -0.25) is 0 Å². The Labute approximate surface area is 158 Å². The Bertz CT molecular complexity index is 970. The van der Waals surface area contributed by atoms with Crippen LogP contribution in [-0.2, 0) is 0 Å². The van der Waals surface area contributed by atoms with Gasteiger partial charge in [0.25, 0.3) is 0 Å². The third-order valence-electron chi connectivity index (χ3n) is 5.04. The zero-order chi connectivity index (χ0) is 18.1. The van der Waals surface area contributed by atoms with Gasteiger partial charge >= 0.3 is 0 Å². The molecule has 6 heteroatoms. The molecule has 0 radical (unpaired) electrons. The van der Waals surface area contributed by atoms with Gasteiger partial charge in [-0.25, -0.2) is 4.98 Å². The van der Waals surface area contributed by atoms with Crippen molar-refractivity contribution in [1.82, 2.24) is 9.97 Å². The van der Waals surface area contributed by atoms with E-state index in [4.69, 9.17) is 19.4 Å². The van der Waals surface area contributed by atoms with Gasteiger partial charge < -0.3 is 19.7 Å². The summed E-state index contributed by atoms with van der Waals surface area (Å²) in [6, 6.07) is 14.0. The van der Waals surface area contributed by atoms with Gasteiger partial charge in [0.15, 0.2) is 11.5 Å². The number of hydrogen-bond acceptors (Lipinski definition) is 6. The molecular formula is C21H22N4O2. The molecule has 3 heterocycles. The molecule has 2 aliphatic rings. The lowest BCUT2D eigenvalue weighted by Crippen LogP contribution is -2.30. The summed E-state index contributed by atoms with van der Waals surface area (Å²) >= 11 is 0. The molecule has 1 N–H and O–H groups in total. The predicted octanol–water partition coefficient (Wildman–Crippen LogP) is 4.13. The number of para-hydroxylation sites is 1. The minimum Gasteiger partial charge on any atom is -0.486 e. The molecule has 6 nitrogen and oxygen atoms in total. The van der Waals surface area contributed by atoms with Gasteiger partial charge in [-0.2, -0.15) is 4.98 Å². The van der Waals surface area contributed by atoms with Crippen LogP contribution < -0.4 is 19.7 Å². The van der Waals surface area contributed by atoms with Crippen molar-refractivity contribution in [3.63, 3.8) is 0 Å². The van der Waals surface area contributed by atoms with Crippen molar-refractivity contribution in [2.75, 3.05) is 36.5 Å². The molecule has 2 aromatic carbocycles. The van der Waals surface area contributed by atoms with Crippen LogP contribution in [0.3, 0.4) is 0 Å². The first-order valence-electron chi connectivity index (χ1n) is 9.55. The summed E-state index contributed by atoms with van der Waals surface area (Å²) in [5.74, 6) is 3.15. The molecule has 27 heavy (non-hydrogen) atoms. The van der Waals surface area contributed by atoms with Crippen LogP contribution in [0.4, 0.5) is 17.5 Å². The van der Waals surface area contributed by atoms with Crippen LogP contribution >= 0.6 is 0 Å². The highest BCUT2D eigenvalue weighted by Gasteiger charge is 2.18. The van der Waals surface area contributed by atoms with Gasteiger partial charge in [-0.15, -0.1) is 0 Å². The number of rotatable bonds is 3. The monoisotopic (exact) mass is 362 g/mol. The summed E-state index contributed by atoms with van der Waals surface area (Å²) in [5.41, 5.74) is 1.84. The van der Waals surface area contributed by atoms with Crippen molar-refractivity contribution < 1.29 is 9.47 Å². The number of nitrogens with one attached hydrogen (secondary N) is 1. The molecule has 138 valence electrons. The number of benzene rings is 2. The largest absolute Gasteiger partial charge is 0.486 e. The van der Waals surface area contributed by atoms with Crippen molar-refractivity contribution in [3.05, 3.63) is 42.5 Å². The van der Waals surface area contributed by atoms with Gasteiger partial charge in [0.2, 0.25) is 5.95 Å². The van der Waals surface area contributed by atoms with E-state index in [2.05, 4.69) is 16.3 Å². The van der Waals surface area contributed by atoms with Crippen LogP contribution in [0, 0.1) is 0 Å². The first kappa shape index (κ1) is 16.2. The highest BCUT2D eigenvalue weighted by Crippen LogP contribution is 2.34. The summed E-state index contributed by atoms with van der Waals surface area (Å²) in [5, 5.41) is 4.45. The summed E-state index contributed by atoms with van der Waals surface area (Å²) in [6.07, 6.45) is 3.72. The summed E-state index contributed by atoms with van der Waals surface area (Å²) in [4.78, 5) is 12.0. The average Bonchev–Trinajstić information content (AvgIpc) is 2.74. The first-order chi connectivity index (χ1) is 13.4. The van der Waals surface area contributed by atoms with E-state index in [-0.39, 0.29) is 0 Å². The number of aromatic nitrogens is 2. The average molecular weight is 362 g/mol. The van der Waals surface area contributed by atoms with E-state index in [9.17, 15) is 0 Å². The maximum atomic E-state index is 5.68. The van der Waals surface area contributed by atoms with Crippen LogP contribution in [0.5, 0.6) is 11.5 Å². The molecule has 0 bridgehead atoms. The second kappa shape index (κ2) is 6.95. The van der Waals surface area contributed by atoms with Gasteiger partial charge in [-0.1, -0.05) is 12.1 Å². The Morgan fingerprint density at radius 1 is 0.852 bits per heavy atom. The molecule has 0 atom stereocenters. The molecule has 1 aromatic heterocycles. The Balaban J connectivity index is 1.51. The van der Waals surface area contributed by atoms with Crippen molar-refractivity contribution in [3.8, 4) is 11.5 Å². The lowest BCUT2D eigenvalue weighted by molar-refractivity contribution is 0.171. The second-order valence-corrected chi connectivity index (χ2v) is 6.92. The number of fused-ring (bicyclic) bond motifs is 2. The number of anilines is 3.